The van der Waals surface area contributed by atoms with Crippen LogP contribution in [-0.4, -0.2) is 112 Å². The van der Waals surface area contributed by atoms with Crippen LogP contribution in [0.1, 0.15) is 98.7 Å². The number of nitrogens with one attached hydrogen (secondary N) is 5. The highest BCUT2D eigenvalue weighted by Crippen LogP contribution is 2.36. The number of carbonyl (C=O) groups excluding carboxylic acids is 5. The van der Waals surface area contributed by atoms with Gasteiger partial charge in [0.2, 0.25) is 11.8 Å². The lowest BCUT2D eigenvalue weighted by Crippen LogP contribution is -2.54. The molecular weight excluding hydrogens is 781 g/mol. The quantitative estimate of drug-likeness (QED) is 0.0517. The number of aryl methyl sites for hydroxylation is 2. The number of benzene rings is 2. The van der Waals surface area contributed by atoms with Crippen molar-refractivity contribution in [3.05, 3.63) is 98.1 Å². The van der Waals surface area contributed by atoms with Gasteiger partial charge in [-0.3, -0.25) is 44.3 Å². The van der Waals surface area contributed by atoms with E-state index in [1.54, 1.807) is 18.2 Å². The number of pyridine rings is 1. The molecule has 2 aromatic heterocycles. The number of anilines is 1. The molecule has 2 aromatic carbocycles. The number of rotatable bonds is 17. The van der Waals surface area contributed by atoms with Crippen LogP contribution >= 0.6 is 0 Å². The van der Waals surface area contributed by atoms with Crippen LogP contribution < -0.4 is 26.8 Å². The summed E-state index contributed by atoms with van der Waals surface area (Å²) in [7, 11) is 0. The highest BCUT2D eigenvalue weighted by atomic mass is 16.5. The number of aliphatic hydroxyl groups is 1. The van der Waals surface area contributed by atoms with E-state index in [9.17, 15) is 33.9 Å². The summed E-state index contributed by atoms with van der Waals surface area (Å²) in [6.07, 6.45) is 1.81. The highest BCUT2D eigenvalue weighted by Gasteiger charge is 2.45. The maximum absolute atomic E-state index is 13.7. The van der Waals surface area contributed by atoms with Gasteiger partial charge in [-0.2, -0.15) is 0 Å². The molecule has 2 unspecified atom stereocenters. The molecule has 324 valence electrons. The fourth-order valence-electron chi connectivity index (χ4n) is 9.14. The molecule has 0 spiro atoms. The lowest BCUT2D eigenvalue weighted by Gasteiger charge is -2.36. The standard InChI is InChI=1S/C45H56N8O8/c1-26-24-27(2)49-41(56)33(26)25-48-43(58)39-29(4)52(35-11-6-5-8-31(35)39)28(3)30-14-19-51(20-15-30)21-17-47-37(54)16-22-61-23-18-46-34-10-7-9-32-40(34)45(60)53(44(32)59)36-12-13-38(55)50-42(36)57/h5-11,24,28,30,36-37,46-47,54H,12-23,25H2,1-4H3,(H,48,58)(H,49,56)(H,50,55,57)/t28-,36?,37?/m1/s1. The molecule has 0 bridgehead atoms. The number of fused-ring (bicyclic) bond motifs is 2. The number of H-pyrrole nitrogens is 1. The number of piperidine rings is 2. The Labute approximate surface area is 354 Å². The Balaban J connectivity index is 0.817. The second-order valence-corrected chi connectivity index (χ2v) is 16.4. The summed E-state index contributed by atoms with van der Waals surface area (Å²) in [4.78, 5) is 82.8. The number of hydrogen-bond acceptors (Lipinski definition) is 11. The van der Waals surface area contributed by atoms with Crippen LogP contribution in [0.25, 0.3) is 10.9 Å². The molecule has 6 N–H and O–H groups in total. The summed E-state index contributed by atoms with van der Waals surface area (Å²) in [5.74, 6) is -1.99. The van der Waals surface area contributed by atoms with E-state index in [-0.39, 0.29) is 48.0 Å². The number of para-hydroxylation sites is 1. The van der Waals surface area contributed by atoms with E-state index in [1.165, 1.54) is 0 Å². The number of amides is 5. The normalized spacial score (nSPS) is 18.4. The number of likely N-dealkylation sites (tertiary alicyclic amines) is 1. The largest absolute Gasteiger partial charge is 0.382 e. The van der Waals surface area contributed by atoms with E-state index in [2.05, 4.69) is 48.7 Å². The minimum Gasteiger partial charge on any atom is -0.382 e. The number of aromatic nitrogens is 2. The monoisotopic (exact) mass is 836 g/mol. The van der Waals surface area contributed by atoms with Gasteiger partial charge in [-0.25, -0.2) is 0 Å². The first-order valence-corrected chi connectivity index (χ1v) is 21.2. The molecule has 0 saturated carbocycles. The van der Waals surface area contributed by atoms with Crippen LogP contribution in [0.15, 0.2) is 53.3 Å². The zero-order chi connectivity index (χ0) is 43.4. The third kappa shape index (κ3) is 9.32. The molecule has 5 heterocycles. The second-order valence-electron chi connectivity index (χ2n) is 16.4. The third-order valence-corrected chi connectivity index (χ3v) is 12.4. The van der Waals surface area contributed by atoms with Gasteiger partial charge >= 0.3 is 0 Å². The highest BCUT2D eigenvalue weighted by molar-refractivity contribution is 6.25. The Kier molecular flexibility index (Phi) is 13.5. The summed E-state index contributed by atoms with van der Waals surface area (Å²) < 4.78 is 8.04. The third-order valence-electron chi connectivity index (χ3n) is 12.4. The van der Waals surface area contributed by atoms with Crippen molar-refractivity contribution in [3.63, 3.8) is 0 Å². The molecule has 0 aliphatic carbocycles. The number of carbonyl (C=O) groups is 5. The molecule has 3 atom stereocenters. The fourth-order valence-corrected chi connectivity index (χ4v) is 9.14. The van der Waals surface area contributed by atoms with Crippen molar-refractivity contribution < 1.29 is 33.8 Å². The summed E-state index contributed by atoms with van der Waals surface area (Å²) in [5, 5.41) is 23.0. The Hall–Kier alpha value is -5.68. The zero-order valence-electron chi connectivity index (χ0n) is 35.3. The average molecular weight is 837 g/mol. The minimum atomic E-state index is -1.03. The Morgan fingerprint density at radius 3 is 2.48 bits per heavy atom. The van der Waals surface area contributed by atoms with E-state index >= 15 is 0 Å². The van der Waals surface area contributed by atoms with Crippen LogP contribution in [0.4, 0.5) is 5.69 Å². The first-order chi connectivity index (χ1) is 29.3. The van der Waals surface area contributed by atoms with Crippen molar-refractivity contribution in [2.45, 2.75) is 84.7 Å². The van der Waals surface area contributed by atoms with Crippen LogP contribution in [0, 0.1) is 26.7 Å². The van der Waals surface area contributed by atoms with Gasteiger partial charge in [0.1, 0.15) is 12.3 Å². The van der Waals surface area contributed by atoms with Crippen LogP contribution in [0.2, 0.25) is 0 Å². The molecule has 16 nitrogen and oxygen atoms in total. The van der Waals surface area contributed by atoms with Gasteiger partial charge in [-0.1, -0.05) is 24.3 Å². The molecule has 4 aromatic rings. The van der Waals surface area contributed by atoms with Gasteiger partial charge in [0.25, 0.3) is 23.3 Å². The van der Waals surface area contributed by atoms with E-state index in [0.29, 0.717) is 55.5 Å². The molecule has 61 heavy (non-hydrogen) atoms. The molecular formula is C45H56N8O8. The van der Waals surface area contributed by atoms with Crippen molar-refractivity contribution >= 4 is 46.1 Å². The molecule has 0 radical (unpaired) electrons. The Morgan fingerprint density at radius 1 is 0.951 bits per heavy atom. The van der Waals surface area contributed by atoms with Gasteiger partial charge < -0.3 is 34.9 Å². The van der Waals surface area contributed by atoms with Crippen molar-refractivity contribution in [2.75, 3.05) is 51.3 Å². The average Bonchev–Trinajstić information content (AvgIpc) is 3.67. The van der Waals surface area contributed by atoms with E-state index in [4.69, 9.17) is 4.74 Å². The van der Waals surface area contributed by atoms with Crippen molar-refractivity contribution in [1.82, 2.24) is 35.3 Å². The number of hydrogen-bond donors (Lipinski definition) is 6. The Morgan fingerprint density at radius 2 is 1.72 bits per heavy atom. The van der Waals surface area contributed by atoms with E-state index in [1.807, 2.05) is 45.0 Å². The number of ether oxygens (including phenoxy) is 1. The number of imide groups is 2. The summed E-state index contributed by atoms with van der Waals surface area (Å²) in [6, 6.07) is 14.0. The Bertz CT molecular complexity index is 2380. The maximum atomic E-state index is 13.7. The van der Waals surface area contributed by atoms with E-state index < -0.39 is 35.9 Å². The first-order valence-electron chi connectivity index (χ1n) is 21.2. The number of nitrogens with zero attached hydrogens (tertiary/aromatic N) is 3. The van der Waals surface area contributed by atoms with Gasteiger partial charge in [-0.05, 0) is 95.8 Å². The molecule has 7 rings (SSSR count). The van der Waals surface area contributed by atoms with E-state index in [0.717, 1.165) is 65.2 Å². The molecule has 5 amide bonds. The predicted octanol–water partition coefficient (Wildman–Crippen LogP) is 3.29. The van der Waals surface area contributed by atoms with Crippen LogP contribution in [0.3, 0.4) is 0 Å². The smallest absolute Gasteiger partial charge is 0.264 e. The molecule has 2 saturated heterocycles. The summed E-state index contributed by atoms with van der Waals surface area (Å²) in [5.41, 5.74) is 5.44. The lowest BCUT2D eigenvalue weighted by atomic mass is 9.90. The molecule has 3 aliphatic rings. The van der Waals surface area contributed by atoms with Crippen molar-refractivity contribution in [2.24, 2.45) is 5.92 Å². The zero-order valence-corrected chi connectivity index (χ0v) is 35.3. The molecule has 3 aliphatic heterocycles. The fraction of sp³-hybridized carbons (Fsp3) is 0.467. The summed E-state index contributed by atoms with van der Waals surface area (Å²) in [6.45, 7) is 12.4. The van der Waals surface area contributed by atoms with Crippen LogP contribution in [-0.2, 0) is 20.9 Å². The SMILES string of the molecule is Cc1cc(C)c(CNC(=O)c2c(C)n([C@H](C)C3CCN(CCNC(O)CCOCCNc4cccc5c4C(=O)N(C4CCC(=O)NC4=O)C5=O)CC3)c3ccccc23)c(=O)[nH]1. The van der Waals surface area contributed by atoms with Gasteiger partial charge in [0.05, 0.1) is 29.9 Å². The van der Waals surface area contributed by atoms with Gasteiger partial charge in [-0.15, -0.1) is 0 Å². The lowest BCUT2D eigenvalue weighted by molar-refractivity contribution is -0.136. The predicted molar refractivity (Wildman–Crippen MR) is 229 cm³/mol. The van der Waals surface area contributed by atoms with Gasteiger partial charge in [0.15, 0.2) is 0 Å². The molecule has 16 heteroatoms. The topological polar surface area (TPSA) is 207 Å². The maximum Gasteiger partial charge on any atom is 0.264 e. The minimum absolute atomic E-state index is 0.0541. The number of aliphatic hydroxyl groups excluding tert-OH is 1. The van der Waals surface area contributed by atoms with Crippen molar-refractivity contribution in [1.29, 1.82) is 0 Å². The first kappa shape index (κ1) is 43.4. The summed E-state index contributed by atoms with van der Waals surface area (Å²) >= 11 is 0. The second kappa shape index (κ2) is 18.9. The number of aromatic amines is 1. The molecule has 2 fully saturated rings. The van der Waals surface area contributed by atoms with Crippen molar-refractivity contribution in [3.8, 4) is 0 Å². The van der Waals surface area contributed by atoms with Gasteiger partial charge in [0, 0.05) is 78.6 Å². The van der Waals surface area contributed by atoms with Crippen LogP contribution in [0.5, 0.6) is 0 Å².